The van der Waals surface area contributed by atoms with Crippen LogP contribution in [0.4, 0.5) is 0 Å². The molecule has 0 aliphatic heterocycles. The Morgan fingerprint density at radius 3 is 2.64 bits per heavy atom. The van der Waals surface area contributed by atoms with Gasteiger partial charge in [-0.1, -0.05) is 26.0 Å². The molecule has 0 aliphatic carbocycles. The maximum absolute atomic E-state index is 11.2. The minimum atomic E-state index is -0.342. The molecule has 0 radical (unpaired) electrons. The molecule has 0 heterocycles. The van der Waals surface area contributed by atoms with Crippen molar-refractivity contribution >= 4 is 5.97 Å². The molecule has 0 atom stereocenters. The van der Waals surface area contributed by atoms with E-state index in [9.17, 15) is 9.90 Å². The maximum atomic E-state index is 11.2. The highest BCUT2D eigenvalue weighted by atomic mass is 16.5. The predicted molar refractivity (Wildman–Crippen MR) is 53.3 cm³/mol. The molecule has 0 saturated carbocycles. The summed E-state index contributed by atoms with van der Waals surface area (Å²) in [7, 11) is 0. The van der Waals surface area contributed by atoms with Crippen molar-refractivity contribution in [3.05, 3.63) is 23.8 Å². The average Bonchev–Trinajstić information content (AvgIpc) is 2.12. The van der Waals surface area contributed by atoms with Crippen molar-refractivity contribution in [2.24, 2.45) is 5.92 Å². The van der Waals surface area contributed by atoms with E-state index in [0.29, 0.717) is 5.56 Å². The third-order valence-corrected chi connectivity index (χ3v) is 1.88. The van der Waals surface area contributed by atoms with E-state index in [0.717, 1.165) is 0 Å². The molecule has 0 bridgehead atoms. The van der Waals surface area contributed by atoms with Gasteiger partial charge < -0.3 is 9.84 Å². The number of phenolic OH excluding ortho intramolecular Hbond substituents is 1. The first kappa shape index (κ1) is 10.6. The lowest BCUT2D eigenvalue weighted by Gasteiger charge is -2.09. The Labute approximate surface area is 83.3 Å². The lowest BCUT2D eigenvalue weighted by molar-refractivity contribution is -0.137. The second-order valence-corrected chi connectivity index (χ2v) is 3.50. The molecule has 3 nitrogen and oxygen atoms in total. The molecule has 1 rings (SSSR count). The van der Waals surface area contributed by atoms with E-state index in [-0.39, 0.29) is 23.4 Å². The molecule has 0 saturated heterocycles. The van der Waals surface area contributed by atoms with Crippen LogP contribution in [0, 0.1) is 12.8 Å². The minimum absolute atomic E-state index is 0.0292. The SMILES string of the molecule is Cc1cccc(OC(=O)C(C)C)c1O. The number of esters is 1. The predicted octanol–water partition coefficient (Wildman–Crippen LogP) is 2.26. The van der Waals surface area contributed by atoms with Gasteiger partial charge in [-0.05, 0) is 18.6 Å². The van der Waals surface area contributed by atoms with Gasteiger partial charge >= 0.3 is 5.97 Å². The number of hydrogen-bond donors (Lipinski definition) is 1. The molecule has 0 aliphatic rings. The normalized spacial score (nSPS) is 10.3. The number of aryl methyl sites for hydroxylation is 1. The molecular weight excluding hydrogens is 180 g/mol. The Morgan fingerprint density at radius 2 is 2.07 bits per heavy atom. The van der Waals surface area contributed by atoms with Crippen LogP contribution in [-0.2, 0) is 4.79 Å². The summed E-state index contributed by atoms with van der Waals surface area (Å²) in [6, 6.07) is 5.06. The Kier molecular flexibility index (Phi) is 3.12. The van der Waals surface area contributed by atoms with Crippen molar-refractivity contribution in [3.63, 3.8) is 0 Å². The molecule has 0 spiro atoms. The zero-order valence-corrected chi connectivity index (χ0v) is 8.57. The highest BCUT2D eigenvalue weighted by Crippen LogP contribution is 2.29. The second-order valence-electron chi connectivity index (χ2n) is 3.50. The standard InChI is InChI=1S/C11H14O3/c1-7(2)11(13)14-9-6-4-5-8(3)10(9)12/h4-7,12H,1-3H3. The molecule has 14 heavy (non-hydrogen) atoms. The van der Waals surface area contributed by atoms with Gasteiger partial charge in [0.05, 0.1) is 5.92 Å². The third-order valence-electron chi connectivity index (χ3n) is 1.88. The molecule has 0 amide bonds. The number of phenols is 1. The van der Waals surface area contributed by atoms with Gasteiger partial charge in [-0.2, -0.15) is 0 Å². The molecule has 1 N–H and O–H groups in total. The van der Waals surface area contributed by atoms with Crippen LogP contribution < -0.4 is 4.74 Å². The number of carbonyl (C=O) groups excluding carboxylic acids is 1. The van der Waals surface area contributed by atoms with Crippen LogP contribution in [0.3, 0.4) is 0 Å². The van der Waals surface area contributed by atoms with Gasteiger partial charge in [0.1, 0.15) is 0 Å². The van der Waals surface area contributed by atoms with Gasteiger partial charge in [-0.25, -0.2) is 0 Å². The minimum Gasteiger partial charge on any atom is -0.504 e. The van der Waals surface area contributed by atoms with Gasteiger partial charge in [0.25, 0.3) is 0 Å². The Balaban J connectivity index is 2.87. The molecule has 1 aromatic rings. The molecule has 76 valence electrons. The van der Waals surface area contributed by atoms with Gasteiger partial charge in [0.2, 0.25) is 0 Å². The van der Waals surface area contributed by atoms with Crippen molar-refractivity contribution < 1.29 is 14.6 Å². The average molecular weight is 194 g/mol. The van der Waals surface area contributed by atoms with Crippen LogP contribution in [0.25, 0.3) is 0 Å². The summed E-state index contributed by atoms with van der Waals surface area (Å²) in [5.41, 5.74) is 0.694. The quantitative estimate of drug-likeness (QED) is 0.580. The lowest BCUT2D eigenvalue weighted by Crippen LogP contribution is -2.14. The van der Waals surface area contributed by atoms with Crippen LogP contribution in [0.15, 0.2) is 18.2 Å². The van der Waals surface area contributed by atoms with Crippen LogP contribution in [-0.4, -0.2) is 11.1 Å². The molecule has 1 aromatic carbocycles. The fourth-order valence-corrected chi connectivity index (χ4v) is 0.941. The fourth-order valence-electron chi connectivity index (χ4n) is 0.941. The number of carbonyl (C=O) groups is 1. The van der Waals surface area contributed by atoms with Gasteiger partial charge in [0.15, 0.2) is 11.5 Å². The monoisotopic (exact) mass is 194 g/mol. The lowest BCUT2D eigenvalue weighted by atomic mass is 10.2. The number of ether oxygens (including phenoxy) is 1. The van der Waals surface area contributed by atoms with E-state index < -0.39 is 0 Å². The summed E-state index contributed by atoms with van der Waals surface area (Å²) >= 11 is 0. The Hall–Kier alpha value is -1.51. The van der Waals surface area contributed by atoms with Crippen LogP contribution >= 0.6 is 0 Å². The molecular formula is C11H14O3. The van der Waals surface area contributed by atoms with Gasteiger partial charge in [-0.15, -0.1) is 0 Å². The summed E-state index contributed by atoms with van der Waals surface area (Å²) in [5, 5.41) is 9.55. The number of rotatable bonds is 2. The van der Waals surface area contributed by atoms with Crippen molar-refractivity contribution in [2.45, 2.75) is 20.8 Å². The van der Waals surface area contributed by atoms with Gasteiger partial charge in [-0.3, -0.25) is 4.79 Å². The first-order chi connectivity index (χ1) is 6.52. The zero-order chi connectivity index (χ0) is 10.7. The van der Waals surface area contributed by atoms with Crippen LogP contribution in [0.1, 0.15) is 19.4 Å². The van der Waals surface area contributed by atoms with Crippen molar-refractivity contribution in [1.82, 2.24) is 0 Å². The van der Waals surface area contributed by atoms with Crippen molar-refractivity contribution in [2.75, 3.05) is 0 Å². The summed E-state index contributed by atoms with van der Waals surface area (Å²) < 4.78 is 5.00. The molecule has 0 fully saturated rings. The maximum Gasteiger partial charge on any atom is 0.313 e. The first-order valence-electron chi connectivity index (χ1n) is 4.52. The van der Waals surface area contributed by atoms with E-state index in [1.165, 1.54) is 0 Å². The Bertz CT molecular complexity index is 342. The van der Waals surface area contributed by atoms with Crippen LogP contribution in [0.2, 0.25) is 0 Å². The van der Waals surface area contributed by atoms with Gasteiger partial charge in [0, 0.05) is 0 Å². The molecule has 3 heteroatoms. The fraction of sp³-hybridized carbons (Fsp3) is 0.364. The largest absolute Gasteiger partial charge is 0.504 e. The highest BCUT2D eigenvalue weighted by Gasteiger charge is 2.12. The van der Waals surface area contributed by atoms with E-state index in [2.05, 4.69) is 0 Å². The van der Waals surface area contributed by atoms with Crippen LogP contribution in [0.5, 0.6) is 11.5 Å². The summed E-state index contributed by atoms with van der Waals surface area (Å²) in [5.74, 6) is -0.286. The van der Waals surface area contributed by atoms with E-state index in [4.69, 9.17) is 4.74 Å². The van der Waals surface area contributed by atoms with Crippen molar-refractivity contribution in [1.29, 1.82) is 0 Å². The Morgan fingerprint density at radius 1 is 1.43 bits per heavy atom. The summed E-state index contributed by atoms with van der Waals surface area (Å²) in [6.07, 6.45) is 0. The summed E-state index contributed by atoms with van der Waals surface area (Å²) in [6.45, 7) is 5.24. The second kappa shape index (κ2) is 4.13. The molecule has 0 aromatic heterocycles. The highest BCUT2D eigenvalue weighted by molar-refractivity contribution is 5.75. The van der Waals surface area contributed by atoms with Crippen molar-refractivity contribution in [3.8, 4) is 11.5 Å². The third kappa shape index (κ3) is 2.25. The van der Waals surface area contributed by atoms with E-state index in [1.54, 1.807) is 39.0 Å². The summed E-state index contributed by atoms with van der Waals surface area (Å²) in [4.78, 5) is 11.2. The smallest absolute Gasteiger partial charge is 0.313 e. The number of para-hydroxylation sites is 1. The van der Waals surface area contributed by atoms with E-state index >= 15 is 0 Å². The molecule has 0 unspecified atom stereocenters. The zero-order valence-electron chi connectivity index (χ0n) is 8.57. The number of hydrogen-bond acceptors (Lipinski definition) is 3. The number of aromatic hydroxyl groups is 1. The number of benzene rings is 1. The van der Waals surface area contributed by atoms with E-state index in [1.807, 2.05) is 0 Å². The topological polar surface area (TPSA) is 46.5 Å². The first-order valence-corrected chi connectivity index (χ1v) is 4.52.